The number of benzene rings is 9. The molecule has 0 radical (unpaired) electrons. The van der Waals surface area contributed by atoms with E-state index in [0.29, 0.717) is 0 Å². The van der Waals surface area contributed by atoms with Crippen LogP contribution in [0.25, 0.3) is 76.9 Å². The Kier molecular flexibility index (Phi) is 7.18. The van der Waals surface area contributed by atoms with Crippen molar-refractivity contribution in [2.24, 2.45) is 0 Å². The predicted molar refractivity (Wildman–Crippen MR) is 220 cm³/mol. The summed E-state index contributed by atoms with van der Waals surface area (Å²) in [5.74, 6) is 0. The summed E-state index contributed by atoms with van der Waals surface area (Å²) in [4.78, 5) is 2.39. The lowest BCUT2D eigenvalue weighted by atomic mass is 9.88. The van der Waals surface area contributed by atoms with Gasteiger partial charge in [-0.05, 0) is 85.8 Å². The lowest BCUT2D eigenvalue weighted by molar-refractivity contribution is 0.669. The van der Waals surface area contributed by atoms with Gasteiger partial charge in [-0.2, -0.15) is 0 Å². The molecule has 1 heterocycles. The number of nitrogens with zero attached hydrogens (tertiary/aromatic N) is 1. The number of hydrogen-bond donors (Lipinski definition) is 0. The standard InChI is InChI=1S/C50H33NO/c1-2-13-34(14-3-1)36-29-31-40(32-30-36)51(47-25-12-23-45-43-20-8-9-26-48(43)52-50(45)47)46-24-11-22-44(42-21-10-18-37-16-6-7-19-41(37)42)49(46)39-28-27-35-15-4-5-17-38(35)33-39/h1-33H. The Labute approximate surface area is 302 Å². The van der Waals surface area contributed by atoms with Crippen molar-refractivity contribution in [3.8, 4) is 33.4 Å². The van der Waals surface area contributed by atoms with Crippen molar-refractivity contribution in [2.45, 2.75) is 0 Å². The van der Waals surface area contributed by atoms with E-state index in [1.54, 1.807) is 0 Å². The first-order chi connectivity index (χ1) is 25.8. The van der Waals surface area contributed by atoms with E-state index in [1.165, 1.54) is 43.8 Å². The second-order valence-electron chi connectivity index (χ2n) is 13.3. The third-order valence-corrected chi connectivity index (χ3v) is 10.3. The molecule has 0 aliphatic heterocycles. The largest absolute Gasteiger partial charge is 0.454 e. The van der Waals surface area contributed by atoms with Crippen LogP contribution in [0.1, 0.15) is 0 Å². The lowest BCUT2D eigenvalue weighted by Gasteiger charge is -2.29. The molecule has 0 aliphatic rings. The zero-order valence-electron chi connectivity index (χ0n) is 28.4. The van der Waals surface area contributed by atoms with Crippen LogP contribution in [0.3, 0.4) is 0 Å². The topological polar surface area (TPSA) is 16.4 Å². The molecule has 10 aromatic rings. The average molecular weight is 664 g/mol. The van der Waals surface area contributed by atoms with Crippen LogP contribution in [0.4, 0.5) is 17.1 Å². The Morgan fingerprint density at radius 2 is 0.942 bits per heavy atom. The highest BCUT2D eigenvalue weighted by Gasteiger charge is 2.24. The SMILES string of the molecule is c1ccc(-c2ccc(N(c3cccc(-c4cccc5ccccc45)c3-c3ccc4ccccc4c3)c3cccc4c3oc3ccccc34)cc2)cc1. The van der Waals surface area contributed by atoms with Gasteiger partial charge in [0.15, 0.2) is 5.58 Å². The summed E-state index contributed by atoms with van der Waals surface area (Å²) in [5.41, 5.74) is 11.9. The summed E-state index contributed by atoms with van der Waals surface area (Å²) in [6, 6.07) is 71.8. The zero-order chi connectivity index (χ0) is 34.4. The Bertz CT molecular complexity index is 2900. The van der Waals surface area contributed by atoms with Crippen LogP contribution in [0.2, 0.25) is 0 Å². The second kappa shape index (κ2) is 12.5. The molecule has 52 heavy (non-hydrogen) atoms. The first-order valence-electron chi connectivity index (χ1n) is 17.8. The molecule has 0 spiro atoms. The van der Waals surface area contributed by atoms with Crippen molar-refractivity contribution in [3.63, 3.8) is 0 Å². The van der Waals surface area contributed by atoms with Crippen LogP contribution in [0, 0.1) is 0 Å². The van der Waals surface area contributed by atoms with E-state index in [-0.39, 0.29) is 0 Å². The molecule has 1 aromatic heterocycles. The summed E-state index contributed by atoms with van der Waals surface area (Å²) in [6.07, 6.45) is 0. The average Bonchev–Trinajstić information content (AvgIpc) is 3.61. The van der Waals surface area contributed by atoms with Gasteiger partial charge in [0.2, 0.25) is 0 Å². The van der Waals surface area contributed by atoms with Crippen LogP contribution in [-0.4, -0.2) is 0 Å². The van der Waals surface area contributed by atoms with Gasteiger partial charge in [0, 0.05) is 22.0 Å². The fraction of sp³-hybridized carbons (Fsp3) is 0. The van der Waals surface area contributed by atoms with Crippen molar-refractivity contribution < 1.29 is 4.42 Å². The second-order valence-corrected chi connectivity index (χ2v) is 13.3. The maximum absolute atomic E-state index is 6.73. The van der Waals surface area contributed by atoms with Crippen LogP contribution >= 0.6 is 0 Å². The molecule has 244 valence electrons. The molecule has 0 amide bonds. The maximum atomic E-state index is 6.73. The third kappa shape index (κ3) is 5.04. The minimum atomic E-state index is 0.857. The van der Waals surface area contributed by atoms with Gasteiger partial charge in [0.1, 0.15) is 5.58 Å². The fourth-order valence-corrected chi connectivity index (χ4v) is 7.81. The molecule has 10 rings (SSSR count). The third-order valence-electron chi connectivity index (χ3n) is 10.3. The van der Waals surface area contributed by atoms with E-state index in [1.807, 2.05) is 6.07 Å². The Hall–Kier alpha value is -6.90. The van der Waals surface area contributed by atoms with E-state index in [9.17, 15) is 0 Å². The number of hydrogen-bond acceptors (Lipinski definition) is 2. The van der Waals surface area contributed by atoms with Gasteiger partial charge in [-0.15, -0.1) is 0 Å². The first-order valence-corrected chi connectivity index (χ1v) is 17.8. The number of para-hydroxylation sites is 2. The molecule has 0 unspecified atom stereocenters. The highest BCUT2D eigenvalue weighted by atomic mass is 16.3. The lowest BCUT2D eigenvalue weighted by Crippen LogP contribution is -2.12. The molecule has 0 fully saturated rings. The molecule has 0 N–H and O–H groups in total. The molecule has 0 atom stereocenters. The Morgan fingerprint density at radius 1 is 0.346 bits per heavy atom. The molecular weight excluding hydrogens is 631 g/mol. The van der Waals surface area contributed by atoms with Crippen molar-refractivity contribution in [1.29, 1.82) is 0 Å². The predicted octanol–water partition coefficient (Wildman–Crippen LogP) is 14.4. The van der Waals surface area contributed by atoms with Crippen LogP contribution in [0.5, 0.6) is 0 Å². The molecule has 0 saturated carbocycles. The van der Waals surface area contributed by atoms with Crippen LogP contribution < -0.4 is 4.90 Å². The molecule has 0 bridgehead atoms. The number of fused-ring (bicyclic) bond motifs is 5. The first kappa shape index (κ1) is 30.0. The number of rotatable bonds is 6. The minimum Gasteiger partial charge on any atom is -0.454 e. The summed E-state index contributed by atoms with van der Waals surface area (Å²) < 4.78 is 6.73. The van der Waals surface area contributed by atoms with Crippen molar-refractivity contribution in [1.82, 2.24) is 0 Å². The van der Waals surface area contributed by atoms with Crippen LogP contribution in [-0.2, 0) is 0 Å². The van der Waals surface area contributed by atoms with Gasteiger partial charge in [-0.25, -0.2) is 0 Å². The van der Waals surface area contributed by atoms with E-state index >= 15 is 0 Å². The monoisotopic (exact) mass is 663 g/mol. The highest BCUT2D eigenvalue weighted by molar-refractivity contribution is 6.12. The normalized spacial score (nSPS) is 11.5. The Balaban J connectivity index is 1.29. The quantitative estimate of drug-likeness (QED) is 0.176. The summed E-state index contributed by atoms with van der Waals surface area (Å²) in [5, 5.41) is 7.07. The van der Waals surface area contributed by atoms with Crippen molar-refractivity contribution >= 4 is 60.5 Å². The molecular formula is C50H33NO. The van der Waals surface area contributed by atoms with Gasteiger partial charge in [-0.1, -0.05) is 164 Å². The van der Waals surface area contributed by atoms with Gasteiger partial charge in [0.05, 0.1) is 11.4 Å². The molecule has 2 nitrogen and oxygen atoms in total. The molecule has 0 aliphatic carbocycles. The van der Waals surface area contributed by atoms with Gasteiger partial charge in [0.25, 0.3) is 0 Å². The van der Waals surface area contributed by atoms with E-state index in [4.69, 9.17) is 4.42 Å². The van der Waals surface area contributed by atoms with Gasteiger partial charge < -0.3 is 9.32 Å². The molecule has 2 heteroatoms. The molecule has 9 aromatic carbocycles. The van der Waals surface area contributed by atoms with Gasteiger partial charge in [-0.3, -0.25) is 0 Å². The van der Waals surface area contributed by atoms with E-state index in [2.05, 4.69) is 199 Å². The fourth-order valence-electron chi connectivity index (χ4n) is 7.81. The maximum Gasteiger partial charge on any atom is 0.159 e. The molecule has 0 saturated heterocycles. The highest BCUT2D eigenvalue weighted by Crippen LogP contribution is 2.49. The minimum absolute atomic E-state index is 0.857. The number of anilines is 3. The summed E-state index contributed by atoms with van der Waals surface area (Å²) in [6.45, 7) is 0. The van der Waals surface area contributed by atoms with Crippen molar-refractivity contribution in [3.05, 3.63) is 200 Å². The Morgan fingerprint density at radius 3 is 1.81 bits per heavy atom. The van der Waals surface area contributed by atoms with E-state index < -0.39 is 0 Å². The van der Waals surface area contributed by atoms with Crippen molar-refractivity contribution in [2.75, 3.05) is 4.90 Å². The smallest absolute Gasteiger partial charge is 0.159 e. The summed E-state index contributed by atoms with van der Waals surface area (Å²) in [7, 11) is 0. The van der Waals surface area contributed by atoms with E-state index in [0.717, 1.165) is 50.1 Å². The zero-order valence-corrected chi connectivity index (χ0v) is 28.4. The van der Waals surface area contributed by atoms with Gasteiger partial charge >= 0.3 is 0 Å². The summed E-state index contributed by atoms with van der Waals surface area (Å²) >= 11 is 0. The number of furan rings is 1. The van der Waals surface area contributed by atoms with Crippen LogP contribution in [0.15, 0.2) is 205 Å².